The first-order chi connectivity index (χ1) is 8.69. The van der Waals surface area contributed by atoms with Gasteiger partial charge in [-0.05, 0) is 24.7 Å². The summed E-state index contributed by atoms with van der Waals surface area (Å²) in [5.41, 5.74) is 0.390. The van der Waals surface area contributed by atoms with E-state index in [0.717, 1.165) is 13.0 Å². The number of aromatic carboxylic acids is 1. The normalized spacial score (nSPS) is 24.1. The van der Waals surface area contributed by atoms with Gasteiger partial charge in [0.2, 0.25) is 0 Å². The molecule has 1 aliphatic heterocycles. The molecule has 1 saturated carbocycles. The molecule has 1 saturated heterocycles. The van der Waals surface area contributed by atoms with Gasteiger partial charge in [-0.2, -0.15) is 0 Å². The van der Waals surface area contributed by atoms with Crippen molar-refractivity contribution in [1.29, 1.82) is 0 Å². The van der Waals surface area contributed by atoms with E-state index in [9.17, 15) is 4.79 Å². The zero-order chi connectivity index (χ0) is 12.6. The summed E-state index contributed by atoms with van der Waals surface area (Å²) in [6.45, 7) is 1.42. The lowest BCUT2D eigenvalue weighted by Gasteiger charge is -2.12. The number of carboxylic acid groups (broad SMARTS) is 1. The SMILES string of the molecule is O=C(O)c1nccnc1NCC1CC2(CC2)CO1. The Hall–Kier alpha value is -1.69. The lowest BCUT2D eigenvalue weighted by Crippen LogP contribution is -2.21. The molecule has 18 heavy (non-hydrogen) atoms. The highest BCUT2D eigenvalue weighted by molar-refractivity contribution is 5.90. The van der Waals surface area contributed by atoms with E-state index >= 15 is 0 Å². The van der Waals surface area contributed by atoms with Gasteiger partial charge in [-0.25, -0.2) is 14.8 Å². The van der Waals surface area contributed by atoms with E-state index in [4.69, 9.17) is 9.84 Å². The summed E-state index contributed by atoms with van der Waals surface area (Å²) < 4.78 is 5.69. The maximum absolute atomic E-state index is 11.0. The first kappa shape index (κ1) is 11.4. The Bertz CT molecular complexity index is 473. The lowest BCUT2D eigenvalue weighted by atomic mass is 10.0. The van der Waals surface area contributed by atoms with Crippen LogP contribution in [-0.4, -0.2) is 40.3 Å². The van der Waals surface area contributed by atoms with Crippen LogP contribution in [0.25, 0.3) is 0 Å². The second-order valence-electron chi connectivity index (χ2n) is 5.08. The molecule has 0 amide bonds. The summed E-state index contributed by atoms with van der Waals surface area (Å²) in [6.07, 6.45) is 6.58. The van der Waals surface area contributed by atoms with E-state index in [1.165, 1.54) is 25.2 Å². The predicted molar refractivity (Wildman–Crippen MR) is 63.5 cm³/mol. The number of hydrogen-bond donors (Lipinski definition) is 2. The van der Waals surface area contributed by atoms with E-state index in [1.54, 1.807) is 0 Å². The van der Waals surface area contributed by atoms with Crippen molar-refractivity contribution in [3.05, 3.63) is 18.1 Å². The summed E-state index contributed by atoms with van der Waals surface area (Å²) in [7, 11) is 0. The summed E-state index contributed by atoms with van der Waals surface area (Å²) in [4.78, 5) is 18.8. The summed E-state index contributed by atoms with van der Waals surface area (Å²) >= 11 is 0. The van der Waals surface area contributed by atoms with Crippen LogP contribution in [0.5, 0.6) is 0 Å². The zero-order valence-corrected chi connectivity index (χ0v) is 9.93. The van der Waals surface area contributed by atoms with Crippen LogP contribution in [0.1, 0.15) is 29.8 Å². The van der Waals surface area contributed by atoms with Gasteiger partial charge in [0.05, 0.1) is 12.7 Å². The summed E-state index contributed by atoms with van der Waals surface area (Å²) in [6, 6.07) is 0. The van der Waals surface area contributed by atoms with E-state index in [0.29, 0.717) is 17.8 Å². The molecule has 3 rings (SSSR count). The van der Waals surface area contributed by atoms with E-state index in [1.807, 2.05) is 0 Å². The topological polar surface area (TPSA) is 84.3 Å². The first-order valence-electron chi connectivity index (χ1n) is 6.08. The maximum atomic E-state index is 11.0. The fraction of sp³-hybridized carbons (Fsp3) is 0.583. The molecular formula is C12H15N3O3. The average molecular weight is 249 g/mol. The van der Waals surface area contributed by atoms with Crippen molar-refractivity contribution < 1.29 is 14.6 Å². The molecule has 2 aliphatic rings. The number of carbonyl (C=O) groups is 1. The van der Waals surface area contributed by atoms with Gasteiger partial charge in [0.15, 0.2) is 11.5 Å². The molecule has 96 valence electrons. The first-order valence-corrected chi connectivity index (χ1v) is 6.08. The van der Waals surface area contributed by atoms with E-state index in [2.05, 4.69) is 15.3 Å². The minimum Gasteiger partial charge on any atom is -0.476 e. The van der Waals surface area contributed by atoms with Crippen LogP contribution in [0, 0.1) is 5.41 Å². The van der Waals surface area contributed by atoms with E-state index < -0.39 is 5.97 Å². The van der Waals surface area contributed by atoms with Crippen molar-refractivity contribution in [3.8, 4) is 0 Å². The van der Waals surface area contributed by atoms with Crippen molar-refractivity contribution in [2.24, 2.45) is 5.41 Å². The van der Waals surface area contributed by atoms with Crippen LogP contribution in [0.15, 0.2) is 12.4 Å². The molecule has 1 atom stereocenters. The molecule has 1 aromatic rings. The van der Waals surface area contributed by atoms with Crippen LogP contribution in [0.4, 0.5) is 5.82 Å². The minimum absolute atomic E-state index is 0.0448. The Morgan fingerprint density at radius 3 is 2.94 bits per heavy atom. The number of rotatable bonds is 4. The van der Waals surface area contributed by atoms with Crippen molar-refractivity contribution in [3.63, 3.8) is 0 Å². The zero-order valence-electron chi connectivity index (χ0n) is 9.93. The molecule has 0 radical (unpaired) electrons. The number of carboxylic acids is 1. The Morgan fingerprint density at radius 1 is 1.50 bits per heavy atom. The Kier molecular flexibility index (Phi) is 2.66. The van der Waals surface area contributed by atoms with Crippen molar-refractivity contribution in [2.75, 3.05) is 18.5 Å². The average Bonchev–Trinajstić information content (AvgIpc) is 2.99. The number of nitrogens with zero attached hydrogens (tertiary/aromatic N) is 2. The smallest absolute Gasteiger partial charge is 0.358 e. The number of nitrogens with one attached hydrogen (secondary N) is 1. The van der Waals surface area contributed by atoms with Crippen molar-refractivity contribution >= 4 is 11.8 Å². The molecule has 1 aromatic heterocycles. The number of anilines is 1. The second kappa shape index (κ2) is 4.20. The van der Waals surface area contributed by atoms with Gasteiger partial charge >= 0.3 is 5.97 Å². The van der Waals surface area contributed by atoms with Crippen LogP contribution < -0.4 is 5.32 Å². The van der Waals surface area contributed by atoms with Gasteiger partial charge in [-0.1, -0.05) is 0 Å². The van der Waals surface area contributed by atoms with Gasteiger partial charge < -0.3 is 15.2 Å². The fourth-order valence-electron chi connectivity index (χ4n) is 2.39. The third kappa shape index (κ3) is 2.15. The van der Waals surface area contributed by atoms with E-state index in [-0.39, 0.29) is 11.8 Å². The summed E-state index contributed by atoms with van der Waals surface area (Å²) in [5, 5.41) is 12.0. The molecule has 1 spiro atoms. The summed E-state index contributed by atoms with van der Waals surface area (Å²) in [5.74, 6) is -0.762. The molecular weight excluding hydrogens is 234 g/mol. The minimum atomic E-state index is -1.07. The molecule has 2 fully saturated rings. The molecule has 0 bridgehead atoms. The predicted octanol–water partition coefficient (Wildman–Crippen LogP) is 1.16. The highest BCUT2D eigenvalue weighted by Gasteiger charge is 2.49. The molecule has 2 N–H and O–H groups in total. The fourth-order valence-corrected chi connectivity index (χ4v) is 2.39. The van der Waals surface area contributed by atoms with Gasteiger partial charge in [0.25, 0.3) is 0 Å². The van der Waals surface area contributed by atoms with Gasteiger partial charge in [0, 0.05) is 18.9 Å². The van der Waals surface area contributed by atoms with Crippen LogP contribution in [0.3, 0.4) is 0 Å². The Labute approximate surface area is 104 Å². The monoisotopic (exact) mass is 249 g/mol. The second-order valence-corrected chi connectivity index (χ2v) is 5.08. The number of aromatic nitrogens is 2. The van der Waals surface area contributed by atoms with Crippen LogP contribution in [-0.2, 0) is 4.74 Å². The third-order valence-electron chi connectivity index (χ3n) is 3.64. The van der Waals surface area contributed by atoms with Gasteiger partial charge in [0.1, 0.15) is 0 Å². The Morgan fingerprint density at radius 2 is 2.28 bits per heavy atom. The van der Waals surface area contributed by atoms with Crippen LogP contribution >= 0.6 is 0 Å². The lowest BCUT2D eigenvalue weighted by molar-refractivity contribution is 0.0690. The van der Waals surface area contributed by atoms with Gasteiger partial charge in [-0.3, -0.25) is 0 Å². The van der Waals surface area contributed by atoms with Crippen molar-refractivity contribution in [2.45, 2.75) is 25.4 Å². The molecule has 0 aromatic carbocycles. The third-order valence-corrected chi connectivity index (χ3v) is 3.64. The largest absolute Gasteiger partial charge is 0.476 e. The molecule has 6 heteroatoms. The van der Waals surface area contributed by atoms with Gasteiger partial charge in [-0.15, -0.1) is 0 Å². The highest BCUT2D eigenvalue weighted by atomic mass is 16.5. The molecule has 1 unspecified atom stereocenters. The Balaban J connectivity index is 1.61. The standard InChI is InChI=1S/C12H15N3O3/c16-11(17)9-10(14-4-3-13-9)15-6-8-5-12(1-2-12)7-18-8/h3-4,8H,1-2,5-7H2,(H,14,15)(H,16,17). The van der Waals surface area contributed by atoms with Crippen molar-refractivity contribution in [1.82, 2.24) is 9.97 Å². The quantitative estimate of drug-likeness (QED) is 0.832. The molecule has 1 aliphatic carbocycles. The maximum Gasteiger partial charge on any atom is 0.358 e. The van der Waals surface area contributed by atoms with Crippen LogP contribution in [0.2, 0.25) is 0 Å². The highest BCUT2D eigenvalue weighted by Crippen LogP contribution is 2.53. The number of ether oxygens (including phenoxy) is 1. The number of hydrogen-bond acceptors (Lipinski definition) is 5. The molecule has 2 heterocycles. The molecule has 6 nitrogen and oxygen atoms in total.